The number of carbonyl (C=O) groups excluding carboxylic acids is 1. The van der Waals surface area contributed by atoms with Gasteiger partial charge in [0.05, 0.1) is 5.41 Å². The van der Waals surface area contributed by atoms with Crippen LogP contribution in [0.1, 0.15) is 31.7 Å². The Labute approximate surface area is 133 Å². The lowest BCUT2D eigenvalue weighted by Crippen LogP contribution is -2.41. The highest BCUT2D eigenvalue weighted by Gasteiger charge is 2.38. The minimum absolute atomic E-state index is 0.239. The Hall–Kier alpha value is -1.55. The second-order valence-corrected chi connectivity index (χ2v) is 6.97. The summed E-state index contributed by atoms with van der Waals surface area (Å²) in [7, 11) is 1.94. The van der Waals surface area contributed by atoms with Crippen LogP contribution in [0.2, 0.25) is 0 Å². The maximum Gasteiger partial charge on any atom is 0.229 e. The Morgan fingerprint density at radius 3 is 2.73 bits per heavy atom. The highest BCUT2D eigenvalue weighted by atomic mass is 16.2. The van der Waals surface area contributed by atoms with Gasteiger partial charge in [0.1, 0.15) is 0 Å². The molecule has 2 fully saturated rings. The molecule has 0 saturated carbocycles. The fourth-order valence-corrected chi connectivity index (χ4v) is 3.70. The number of hydrogen-bond acceptors (Lipinski definition) is 3. The Balaban J connectivity index is 1.73. The zero-order valence-corrected chi connectivity index (χ0v) is 13.8. The highest BCUT2D eigenvalue weighted by Crippen LogP contribution is 2.29. The summed E-state index contributed by atoms with van der Waals surface area (Å²) in [6, 6.07) is 8.53. The van der Waals surface area contributed by atoms with Crippen molar-refractivity contribution in [2.24, 2.45) is 5.41 Å². The molecule has 0 aliphatic carbocycles. The molecule has 1 amide bonds. The molecule has 2 aliphatic rings. The lowest BCUT2D eigenvalue weighted by atomic mass is 9.88. The molecule has 22 heavy (non-hydrogen) atoms. The van der Waals surface area contributed by atoms with Crippen molar-refractivity contribution in [1.82, 2.24) is 10.2 Å². The van der Waals surface area contributed by atoms with Crippen LogP contribution in [0.15, 0.2) is 24.3 Å². The fraction of sp³-hybridized carbons (Fsp3) is 0.611. The third-order valence-corrected chi connectivity index (χ3v) is 5.08. The monoisotopic (exact) mass is 301 g/mol. The molecule has 1 aromatic carbocycles. The summed E-state index contributed by atoms with van der Waals surface area (Å²) in [5, 5.41) is 3.31. The van der Waals surface area contributed by atoms with E-state index in [4.69, 9.17) is 0 Å². The van der Waals surface area contributed by atoms with Gasteiger partial charge in [0, 0.05) is 38.9 Å². The molecule has 2 aliphatic heterocycles. The Morgan fingerprint density at radius 1 is 1.32 bits per heavy atom. The average molecular weight is 301 g/mol. The number of benzene rings is 1. The standard InChI is InChI=1S/C18H27N3O/c1-18(9-10-19-14-18)17(22)20(2)13-15-7-3-4-8-16(15)21-11-5-6-12-21/h3-4,7-8,19H,5-6,9-14H2,1-2H3/t18-/m1/s1. The zero-order chi connectivity index (χ0) is 15.6. The highest BCUT2D eigenvalue weighted by molar-refractivity contribution is 5.83. The molecule has 4 nitrogen and oxygen atoms in total. The SMILES string of the molecule is CN(Cc1ccccc1N1CCCC1)C(=O)[C@]1(C)CCNC1. The van der Waals surface area contributed by atoms with Crippen molar-refractivity contribution >= 4 is 11.6 Å². The molecule has 1 N–H and O–H groups in total. The van der Waals surface area contributed by atoms with Crippen LogP contribution in [-0.4, -0.2) is 44.0 Å². The van der Waals surface area contributed by atoms with Crippen molar-refractivity contribution < 1.29 is 4.79 Å². The van der Waals surface area contributed by atoms with Gasteiger partial charge in [-0.05, 0) is 44.4 Å². The van der Waals surface area contributed by atoms with E-state index in [1.165, 1.54) is 24.1 Å². The average Bonchev–Trinajstić information content (AvgIpc) is 3.19. The van der Waals surface area contributed by atoms with Gasteiger partial charge in [0.25, 0.3) is 0 Å². The van der Waals surface area contributed by atoms with Crippen LogP contribution in [-0.2, 0) is 11.3 Å². The van der Waals surface area contributed by atoms with Gasteiger partial charge in [-0.3, -0.25) is 4.79 Å². The first kappa shape index (κ1) is 15.3. The predicted molar refractivity (Wildman–Crippen MR) is 90.0 cm³/mol. The molecule has 0 aromatic heterocycles. The first-order valence-corrected chi connectivity index (χ1v) is 8.39. The van der Waals surface area contributed by atoms with Crippen molar-refractivity contribution in [1.29, 1.82) is 0 Å². The van der Waals surface area contributed by atoms with E-state index in [-0.39, 0.29) is 11.3 Å². The van der Waals surface area contributed by atoms with Crippen molar-refractivity contribution in [2.45, 2.75) is 32.7 Å². The summed E-state index contributed by atoms with van der Waals surface area (Å²) in [6.45, 7) is 6.79. The second kappa shape index (κ2) is 6.29. The second-order valence-electron chi connectivity index (χ2n) is 6.97. The quantitative estimate of drug-likeness (QED) is 0.926. The van der Waals surface area contributed by atoms with Crippen LogP contribution < -0.4 is 10.2 Å². The van der Waals surface area contributed by atoms with E-state index in [1.54, 1.807) is 0 Å². The van der Waals surface area contributed by atoms with Crippen molar-refractivity contribution in [3.63, 3.8) is 0 Å². The molecule has 0 unspecified atom stereocenters. The Kier molecular flexibility index (Phi) is 4.39. The molecule has 1 atom stereocenters. The molecule has 120 valence electrons. The summed E-state index contributed by atoms with van der Waals surface area (Å²) >= 11 is 0. The first-order valence-electron chi connectivity index (χ1n) is 8.39. The van der Waals surface area contributed by atoms with E-state index in [0.717, 1.165) is 32.6 Å². The smallest absolute Gasteiger partial charge is 0.229 e. The topological polar surface area (TPSA) is 35.6 Å². The normalized spacial score (nSPS) is 24.7. The van der Waals surface area contributed by atoms with Gasteiger partial charge in [0.2, 0.25) is 5.91 Å². The summed E-state index contributed by atoms with van der Waals surface area (Å²) in [4.78, 5) is 17.1. The molecule has 2 saturated heterocycles. The summed E-state index contributed by atoms with van der Waals surface area (Å²) in [6.07, 6.45) is 3.48. The van der Waals surface area contributed by atoms with Gasteiger partial charge < -0.3 is 15.1 Å². The molecular formula is C18H27N3O. The van der Waals surface area contributed by atoms with Crippen LogP contribution in [0.25, 0.3) is 0 Å². The third kappa shape index (κ3) is 2.98. The molecule has 0 radical (unpaired) electrons. The van der Waals surface area contributed by atoms with E-state index in [0.29, 0.717) is 6.54 Å². The number of amides is 1. The fourth-order valence-electron chi connectivity index (χ4n) is 3.70. The molecule has 4 heteroatoms. The van der Waals surface area contributed by atoms with E-state index >= 15 is 0 Å². The molecule has 1 aromatic rings. The van der Waals surface area contributed by atoms with Crippen LogP contribution in [0, 0.1) is 5.41 Å². The number of hydrogen-bond donors (Lipinski definition) is 1. The lowest BCUT2D eigenvalue weighted by Gasteiger charge is -2.30. The van der Waals surface area contributed by atoms with Crippen LogP contribution >= 0.6 is 0 Å². The summed E-state index contributed by atoms with van der Waals surface area (Å²) in [5.41, 5.74) is 2.32. The van der Waals surface area contributed by atoms with Crippen LogP contribution in [0.4, 0.5) is 5.69 Å². The van der Waals surface area contributed by atoms with Crippen molar-refractivity contribution in [3.05, 3.63) is 29.8 Å². The molecule has 0 spiro atoms. The van der Waals surface area contributed by atoms with E-state index in [1.807, 2.05) is 11.9 Å². The van der Waals surface area contributed by atoms with E-state index in [2.05, 4.69) is 41.4 Å². The minimum atomic E-state index is -0.239. The number of anilines is 1. The maximum atomic E-state index is 12.8. The number of carbonyl (C=O) groups is 1. The van der Waals surface area contributed by atoms with Crippen LogP contribution in [0.5, 0.6) is 0 Å². The third-order valence-electron chi connectivity index (χ3n) is 5.08. The number of nitrogens with zero attached hydrogens (tertiary/aromatic N) is 2. The molecule has 0 bridgehead atoms. The number of para-hydroxylation sites is 1. The van der Waals surface area contributed by atoms with Crippen molar-refractivity contribution in [2.75, 3.05) is 38.1 Å². The molecule has 3 rings (SSSR count). The molecule has 2 heterocycles. The van der Waals surface area contributed by atoms with Crippen LogP contribution in [0.3, 0.4) is 0 Å². The van der Waals surface area contributed by atoms with E-state index in [9.17, 15) is 4.79 Å². The van der Waals surface area contributed by atoms with Crippen molar-refractivity contribution in [3.8, 4) is 0 Å². The summed E-state index contributed by atoms with van der Waals surface area (Å²) < 4.78 is 0. The lowest BCUT2D eigenvalue weighted by molar-refractivity contribution is -0.139. The largest absolute Gasteiger partial charge is 0.371 e. The molecular weight excluding hydrogens is 274 g/mol. The maximum absolute atomic E-state index is 12.8. The van der Waals surface area contributed by atoms with Gasteiger partial charge in [-0.2, -0.15) is 0 Å². The Morgan fingerprint density at radius 2 is 2.05 bits per heavy atom. The minimum Gasteiger partial charge on any atom is -0.371 e. The van der Waals surface area contributed by atoms with Gasteiger partial charge in [-0.15, -0.1) is 0 Å². The van der Waals surface area contributed by atoms with Gasteiger partial charge >= 0.3 is 0 Å². The predicted octanol–water partition coefficient (Wildman–Crippen LogP) is 2.24. The van der Waals surface area contributed by atoms with E-state index < -0.39 is 0 Å². The number of nitrogens with one attached hydrogen (secondary N) is 1. The number of rotatable bonds is 4. The van der Waals surface area contributed by atoms with Gasteiger partial charge in [0.15, 0.2) is 0 Å². The Bertz CT molecular complexity index is 531. The van der Waals surface area contributed by atoms with Gasteiger partial charge in [-0.1, -0.05) is 18.2 Å². The van der Waals surface area contributed by atoms with Gasteiger partial charge in [-0.25, -0.2) is 0 Å². The summed E-state index contributed by atoms with van der Waals surface area (Å²) in [5.74, 6) is 0.258. The first-order chi connectivity index (χ1) is 10.6. The zero-order valence-electron chi connectivity index (χ0n) is 13.8.